The number of ether oxygens (including phenoxy) is 1. The second-order valence-electron chi connectivity index (χ2n) is 4.40. The minimum atomic E-state index is -0.291. The van der Waals surface area contributed by atoms with E-state index in [1.165, 1.54) is 23.1 Å². The summed E-state index contributed by atoms with van der Waals surface area (Å²) in [5.41, 5.74) is 14.9. The first kappa shape index (κ1) is 13.5. The van der Waals surface area contributed by atoms with Gasteiger partial charge in [-0.05, 0) is 48.1 Å². The van der Waals surface area contributed by atoms with Gasteiger partial charge in [-0.1, -0.05) is 12.1 Å². The summed E-state index contributed by atoms with van der Waals surface area (Å²) in [5.74, 6) is 1.81. The zero-order valence-corrected chi connectivity index (χ0v) is 11.5. The van der Waals surface area contributed by atoms with Crippen molar-refractivity contribution in [2.45, 2.75) is 24.8 Å². The number of fused-ring (bicyclic) bond motifs is 1. The lowest BCUT2D eigenvalue weighted by molar-refractivity contribution is 0.414. The Balaban J connectivity index is 2.17. The Morgan fingerprint density at radius 3 is 2.94 bits per heavy atom. The number of hydrogen-bond acceptors (Lipinski definition) is 4. The van der Waals surface area contributed by atoms with E-state index in [4.69, 9.17) is 16.2 Å². The zero-order chi connectivity index (χ0) is 13.0. The number of aryl methyl sites for hydroxylation is 1. The summed E-state index contributed by atoms with van der Waals surface area (Å²) < 4.78 is 5.27. The van der Waals surface area contributed by atoms with Gasteiger partial charge in [-0.3, -0.25) is 0 Å². The number of rotatable bonds is 4. The molecule has 0 spiro atoms. The molecule has 3 nitrogen and oxygen atoms in total. The summed E-state index contributed by atoms with van der Waals surface area (Å²) in [6.45, 7) is 0. The average Bonchev–Trinajstić information content (AvgIpc) is 2.38. The molecule has 98 valence electrons. The molecule has 0 radical (unpaired) electrons. The van der Waals surface area contributed by atoms with Crippen LogP contribution in [0.1, 0.15) is 24.0 Å². The number of nitrogens with two attached hydrogens (primary N) is 2. The molecule has 0 saturated carbocycles. The highest BCUT2D eigenvalue weighted by molar-refractivity contribution is 7.99. The van der Waals surface area contributed by atoms with Crippen LogP contribution >= 0.6 is 11.8 Å². The van der Waals surface area contributed by atoms with E-state index in [1.807, 2.05) is 6.07 Å². The molecule has 0 atom stereocenters. The molecule has 0 fully saturated rings. The normalized spacial score (nSPS) is 17.0. The van der Waals surface area contributed by atoms with E-state index in [0.717, 1.165) is 24.3 Å². The lowest BCUT2D eigenvalue weighted by Crippen LogP contribution is -2.26. The highest BCUT2D eigenvalue weighted by Crippen LogP contribution is 2.33. The van der Waals surface area contributed by atoms with Crippen LogP contribution in [0.25, 0.3) is 5.57 Å². The highest BCUT2D eigenvalue weighted by Gasteiger charge is 2.14. The molecule has 2 rings (SSSR count). The van der Waals surface area contributed by atoms with Gasteiger partial charge >= 0.3 is 0 Å². The molecule has 0 aromatic heterocycles. The van der Waals surface area contributed by atoms with Crippen LogP contribution < -0.4 is 16.2 Å². The van der Waals surface area contributed by atoms with Gasteiger partial charge in [0.15, 0.2) is 0 Å². The summed E-state index contributed by atoms with van der Waals surface area (Å²) in [6, 6.07) is 6.33. The molecular formula is C14H20N2OS. The van der Waals surface area contributed by atoms with Crippen LogP contribution in [0.2, 0.25) is 0 Å². The van der Waals surface area contributed by atoms with Gasteiger partial charge in [0.2, 0.25) is 0 Å². The standard InChI is InChI=1S/C14H20N2OS/c1-17-12-5-6-13-10(7-8-18-14(15)16)3-2-4-11(13)9-12/h5-7,9,14H,2-4,8,15-16H2,1H3/b10-7+. The fourth-order valence-electron chi connectivity index (χ4n) is 2.29. The van der Waals surface area contributed by atoms with Crippen LogP contribution in [-0.4, -0.2) is 18.4 Å². The third-order valence-electron chi connectivity index (χ3n) is 3.17. The van der Waals surface area contributed by atoms with Crippen molar-refractivity contribution in [3.8, 4) is 5.75 Å². The van der Waals surface area contributed by atoms with Gasteiger partial charge in [0.1, 0.15) is 11.2 Å². The summed E-state index contributed by atoms with van der Waals surface area (Å²) in [4.78, 5) is 0. The van der Waals surface area contributed by atoms with E-state index in [-0.39, 0.29) is 5.50 Å². The van der Waals surface area contributed by atoms with Gasteiger partial charge in [-0.2, -0.15) is 0 Å². The lowest BCUT2D eigenvalue weighted by atomic mass is 9.87. The molecule has 1 aromatic rings. The van der Waals surface area contributed by atoms with Crippen LogP contribution in [0.15, 0.2) is 24.3 Å². The first-order valence-electron chi connectivity index (χ1n) is 6.20. The van der Waals surface area contributed by atoms with E-state index < -0.39 is 0 Å². The maximum absolute atomic E-state index is 5.54. The van der Waals surface area contributed by atoms with Gasteiger partial charge in [-0.15, -0.1) is 11.8 Å². The third kappa shape index (κ3) is 3.28. The number of benzene rings is 1. The van der Waals surface area contributed by atoms with Crippen LogP contribution in [0.5, 0.6) is 5.75 Å². The van der Waals surface area contributed by atoms with Gasteiger partial charge in [0.05, 0.1) is 7.11 Å². The van der Waals surface area contributed by atoms with E-state index in [2.05, 4.69) is 18.2 Å². The predicted octanol–water partition coefficient (Wildman–Crippen LogP) is 2.35. The summed E-state index contributed by atoms with van der Waals surface area (Å²) >= 11 is 1.56. The van der Waals surface area contributed by atoms with Crippen LogP contribution in [-0.2, 0) is 6.42 Å². The fraction of sp³-hybridized carbons (Fsp3) is 0.429. The summed E-state index contributed by atoms with van der Waals surface area (Å²) in [7, 11) is 1.71. The second kappa shape index (κ2) is 6.27. The number of allylic oxidation sites excluding steroid dienone is 1. The monoisotopic (exact) mass is 264 g/mol. The van der Waals surface area contributed by atoms with Crippen molar-refractivity contribution in [2.24, 2.45) is 11.5 Å². The maximum atomic E-state index is 5.54. The second-order valence-corrected chi connectivity index (χ2v) is 5.61. The number of methoxy groups -OCH3 is 1. The van der Waals surface area contributed by atoms with Crippen molar-refractivity contribution >= 4 is 17.3 Å². The molecule has 18 heavy (non-hydrogen) atoms. The van der Waals surface area contributed by atoms with Gasteiger partial charge < -0.3 is 16.2 Å². The Morgan fingerprint density at radius 2 is 2.22 bits per heavy atom. The molecule has 1 aliphatic carbocycles. The minimum Gasteiger partial charge on any atom is -0.497 e. The molecule has 0 bridgehead atoms. The molecule has 0 unspecified atom stereocenters. The lowest BCUT2D eigenvalue weighted by Gasteiger charge is -2.20. The Bertz CT molecular complexity index is 443. The smallest absolute Gasteiger partial charge is 0.119 e. The Labute approximate surface area is 113 Å². The summed E-state index contributed by atoms with van der Waals surface area (Å²) in [5, 5.41) is 0. The van der Waals surface area contributed by atoms with Crippen molar-refractivity contribution in [3.63, 3.8) is 0 Å². The van der Waals surface area contributed by atoms with Crippen molar-refractivity contribution in [2.75, 3.05) is 12.9 Å². The first-order chi connectivity index (χ1) is 8.70. The molecule has 0 aliphatic heterocycles. The first-order valence-corrected chi connectivity index (χ1v) is 7.24. The van der Waals surface area contributed by atoms with Gasteiger partial charge in [-0.25, -0.2) is 0 Å². The molecule has 0 amide bonds. The van der Waals surface area contributed by atoms with E-state index in [9.17, 15) is 0 Å². The van der Waals surface area contributed by atoms with E-state index in [0.29, 0.717) is 0 Å². The molecule has 4 N–H and O–H groups in total. The molecule has 4 heteroatoms. The molecule has 1 aromatic carbocycles. The quantitative estimate of drug-likeness (QED) is 0.820. The van der Waals surface area contributed by atoms with Crippen molar-refractivity contribution in [3.05, 3.63) is 35.4 Å². The largest absolute Gasteiger partial charge is 0.497 e. The van der Waals surface area contributed by atoms with E-state index >= 15 is 0 Å². The summed E-state index contributed by atoms with van der Waals surface area (Å²) in [6.07, 6.45) is 5.72. The van der Waals surface area contributed by atoms with E-state index in [1.54, 1.807) is 18.9 Å². The van der Waals surface area contributed by atoms with Crippen molar-refractivity contribution < 1.29 is 4.74 Å². The Morgan fingerprint density at radius 1 is 1.39 bits per heavy atom. The number of thioether (sulfide) groups is 1. The molecule has 0 saturated heterocycles. The topological polar surface area (TPSA) is 61.3 Å². The molecule has 1 aliphatic rings. The van der Waals surface area contributed by atoms with Gasteiger partial charge in [0, 0.05) is 5.75 Å². The SMILES string of the molecule is COc1ccc2c(c1)CCC/C2=C\CSC(N)N. The van der Waals surface area contributed by atoms with Crippen LogP contribution in [0.3, 0.4) is 0 Å². The Kier molecular flexibility index (Phi) is 4.69. The van der Waals surface area contributed by atoms with Crippen LogP contribution in [0, 0.1) is 0 Å². The predicted molar refractivity (Wildman–Crippen MR) is 78.5 cm³/mol. The molecular weight excluding hydrogens is 244 g/mol. The fourth-order valence-corrected chi connectivity index (χ4v) is 2.81. The maximum Gasteiger partial charge on any atom is 0.119 e. The highest BCUT2D eigenvalue weighted by atomic mass is 32.2. The minimum absolute atomic E-state index is 0.291. The Hall–Kier alpha value is -0.970. The average molecular weight is 264 g/mol. The van der Waals surface area contributed by atoms with Crippen molar-refractivity contribution in [1.82, 2.24) is 0 Å². The van der Waals surface area contributed by atoms with Gasteiger partial charge in [0.25, 0.3) is 0 Å². The van der Waals surface area contributed by atoms with Crippen molar-refractivity contribution in [1.29, 1.82) is 0 Å². The zero-order valence-electron chi connectivity index (χ0n) is 10.7. The molecule has 0 heterocycles. The third-order valence-corrected chi connectivity index (χ3v) is 3.91. The number of hydrogen-bond donors (Lipinski definition) is 2. The van der Waals surface area contributed by atoms with Crippen LogP contribution in [0.4, 0.5) is 0 Å².